The number of nitrogens with zero attached hydrogens (tertiary/aromatic N) is 3. The van der Waals surface area contributed by atoms with Crippen LogP contribution in [0.15, 0.2) is 36.7 Å². The van der Waals surface area contributed by atoms with E-state index in [0.29, 0.717) is 6.04 Å². The van der Waals surface area contributed by atoms with E-state index in [-0.39, 0.29) is 6.04 Å². The fraction of sp³-hybridized carbons (Fsp3) is 0.467. The van der Waals surface area contributed by atoms with Crippen LogP contribution in [-0.2, 0) is 6.42 Å². The fourth-order valence-corrected chi connectivity index (χ4v) is 2.23. The van der Waals surface area contributed by atoms with E-state index in [9.17, 15) is 0 Å². The molecule has 0 aliphatic heterocycles. The lowest BCUT2D eigenvalue weighted by Crippen LogP contribution is -2.12. The van der Waals surface area contributed by atoms with E-state index in [0.717, 1.165) is 25.1 Å². The maximum absolute atomic E-state index is 6.19. The minimum Gasteiger partial charge on any atom is -0.324 e. The average Bonchev–Trinajstić information content (AvgIpc) is 2.88. The van der Waals surface area contributed by atoms with Crippen LogP contribution in [0.4, 0.5) is 0 Å². The molecule has 0 radical (unpaired) electrons. The van der Waals surface area contributed by atoms with Gasteiger partial charge in [0.2, 0.25) is 0 Å². The highest BCUT2D eigenvalue weighted by Gasteiger charge is 2.09. The van der Waals surface area contributed by atoms with Gasteiger partial charge in [0.15, 0.2) is 0 Å². The molecule has 1 heterocycles. The molecule has 0 aliphatic rings. The molecule has 19 heavy (non-hydrogen) atoms. The number of benzene rings is 1. The van der Waals surface area contributed by atoms with Crippen LogP contribution in [0, 0.1) is 0 Å². The minimum absolute atomic E-state index is 0.108. The molecular formula is C15H22N4. The van der Waals surface area contributed by atoms with Crippen molar-refractivity contribution in [2.45, 2.75) is 45.2 Å². The van der Waals surface area contributed by atoms with Gasteiger partial charge in [-0.05, 0) is 32.3 Å². The quantitative estimate of drug-likeness (QED) is 0.866. The molecule has 0 spiro atoms. The smallest absolute Gasteiger partial charge is 0.138 e. The van der Waals surface area contributed by atoms with E-state index in [2.05, 4.69) is 36.1 Å². The van der Waals surface area contributed by atoms with Gasteiger partial charge in [-0.15, -0.1) is 0 Å². The summed E-state index contributed by atoms with van der Waals surface area (Å²) in [5.74, 6) is 1.05. The van der Waals surface area contributed by atoms with Crippen LogP contribution in [0.5, 0.6) is 0 Å². The van der Waals surface area contributed by atoms with Crippen molar-refractivity contribution in [1.82, 2.24) is 14.8 Å². The molecule has 0 bridgehead atoms. The Morgan fingerprint density at radius 1 is 1.21 bits per heavy atom. The zero-order valence-electron chi connectivity index (χ0n) is 11.7. The molecule has 0 saturated carbocycles. The van der Waals surface area contributed by atoms with E-state index in [1.807, 2.05) is 22.9 Å². The van der Waals surface area contributed by atoms with Gasteiger partial charge < -0.3 is 5.73 Å². The van der Waals surface area contributed by atoms with Gasteiger partial charge in [-0.1, -0.05) is 30.3 Å². The van der Waals surface area contributed by atoms with Gasteiger partial charge in [0, 0.05) is 18.5 Å². The number of aryl methyl sites for hydroxylation is 1. The Kier molecular flexibility index (Phi) is 4.68. The second kappa shape index (κ2) is 6.48. The van der Waals surface area contributed by atoms with Gasteiger partial charge in [0.1, 0.15) is 12.2 Å². The summed E-state index contributed by atoms with van der Waals surface area (Å²) < 4.78 is 1.98. The number of nitrogens with two attached hydrogens (primary N) is 1. The number of hydrogen-bond donors (Lipinski definition) is 1. The lowest BCUT2D eigenvalue weighted by atomic mass is 10.0. The number of rotatable bonds is 6. The highest BCUT2D eigenvalue weighted by molar-refractivity contribution is 5.18. The molecule has 2 rings (SSSR count). The van der Waals surface area contributed by atoms with Gasteiger partial charge in [0.25, 0.3) is 0 Å². The van der Waals surface area contributed by atoms with Crippen LogP contribution in [0.1, 0.15) is 50.2 Å². The summed E-state index contributed by atoms with van der Waals surface area (Å²) in [4.78, 5) is 4.32. The Balaban J connectivity index is 1.85. The summed E-state index contributed by atoms with van der Waals surface area (Å²) >= 11 is 0. The third kappa shape index (κ3) is 3.64. The van der Waals surface area contributed by atoms with Crippen LogP contribution in [0.25, 0.3) is 0 Å². The minimum atomic E-state index is 0.108. The van der Waals surface area contributed by atoms with E-state index >= 15 is 0 Å². The second-order valence-electron chi connectivity index (χ2n) is 5.12. The first-order valence-electron chi connectivity index (χ1n) is 6.87. The third-order valence-corrected chi connectivity index (χ3v) is 3.28. The van der Waals surface area contributed by atoms with Crippen molar-refractivity contribution < 1.29 is 0 Å². The molecule has 2 aromatic rings. The lowest BCUT2D eigenvalue weighted by molar-refractivity contribution is 0.493. The molecule has 102 valence electrons. The predicted molar refractivity (Wildman–Crippen MR) is 76.7 cm³/mol. The molecule has 2 N–H and O–H groups in total. The van der Waals surface area contributed by atoms with E-state index in [1.54, 1.807) is 6.33 Å². The topological polar surface area (TPSA) is 56.7 Å². The van der Waals surface area contributed by atoms with Gasteiger partial charge in [-0.2, -0.15) is 5.10 Å². The van der Waals surface area contributed by atoms with Crippen molar-refractivity contribution in [3.8, 4) is 0 Å². The normalized spacial score (nSPS) is 12.8. The van der Waals surface area contributed by atoms with Crippen LogP contribution in [-0.4, -0.2) is 14.8 Å². The second-order valence-corrected chi connectivity index (χ2v) is 5.12. The Labute approximate surface area is 114 Å². The Bertz CT molecular complexity index is 490. The molecule has 0 saturated heterocycles. The molecule has 1 aromatic heterocycles. The van der Waals surface area contributed by atoms with Crippen LogP contribution >= 0.6 is 0 Å². The molecule has 4 heteroatoms. The van der Waals surface area contributed by atoms with Gasteiger partial charge >= 0.3 is 0 Å². The standard InChI is InChI=1S/C15H22N4/c1-12(2)19-15(17-11-18-19)10-6-9-14(16)13-7-4-3-5-8-13/h3-5,7-8,11-12,14H,6,9-10,16H2,1-2H3. The fourth-order valence-electron chi connectivity index (χ4n) is 2.23. The molecule has 1 unspecified atom stereocenters. The van der Waals surface area contributed by atoms with E-state index in [4.69, 9.17) is 5.73 Å². The Morgan fingerprint density at radius 2 is 1.95 bits per heavy atom. The zero-order chi connectivity index (χ0) is 13.7. The van der Waals surface area contributed by atoms with Crippen molar-refractivity contribution in [2.75, 3.05) is 0 Å². The maximum atomic E-state index is 6.19. The van der Waals surface area contributed by atoms with Gasteiger partial charge in [-0.3, -0.25) is 0 Å². The molecule has 1 aromatic carbocycles. The molecular weight excluding hydrogens is 236 g/mol. The molecule has 0 fully saturated rings. The van der Waals surface area contributed by atoms with Crippen LogP contribution in [0.3, 0.4) is 0 Å². The summed E-state index contributed by atoms with van der Waals surface area (Å²) in [5.41, 5.74) is 7.39. The summed E-state index contributed by atoms with van der Waals surface area (Å²) in [7, 11) is 0. The van der Waals surface area contributed by atoms with Crippen molar-refractivity contribution in [3.05, 3.63) is 48.0 Å². The maximum Gasteiger partial charge on any atom is 0.138 e. The molecule has 0 amide bonds. The number of hydrogen-bond acceptors (Lipinski definition) is 3. The van der Waals surface area contributed by atoms with E-state index < -0.39 is 0 Å². The summed E-state index contributed by atoms with van der Waals surface area (Å²) in [5, 5.41) is 4.25. The van der Waals surface area contributed by atoms with Gasteiger partial charge in [-0.25, -0.2) is 9.67 Å². The predicted octanol–water partition coefficient (Wildman–Crippen LogP) is 2.88. The average molecular weight is 258 g/mol. The van der Waals surface area contributed by atoms with Crippen molar-refractivity contribution in [2.24, 2.45) is 5.73 Å². The zero-order valence-corrected chi connectivity index (χ0v) is 11.7. The largest absolute Gasteiger partial charge is 0.324 e. The molecule has 1 atom stereocenters. The van der Waals surface area contributed by atoms with Crippen molar-refractivity contribution in [3.63, 3.8) is 0 Å². The van der Waals surface area contributed by atoms with Gasteiger partial charge in [0.05, 0.1) is 0 Å². The molecule has 4 nitrogen and oxygen atoms in total. The SMILES string of the molecule is CC(C)n1ncnc1CCCC(N)c1ccccc1. The first kappa shape index (κ1) is 13.7. The summed E-state index contributed by atoms with van der Waals surface area (Å²) in [6.07, 6.45) is 4.56. The number of aromatic nitrogens is 3. The van der Waals surface area contributed by atoms with E-state index in [1.165, 1.54) is 5.56 Å². The Hall–Kier alpha value is -1.68. The van der Waals surface area contributed by atoms with Crippen LogP contribution < -0.4 is 5.73 Å². The monoisotopic (exact) mass is 258 g/mol. The third-order valence-electron chi connectivity index (χ3n) is 3.28. The van der Waals surface area contributed by atoms with Crippen molar-refractivity contribution >= 4 is 0 Å². The molecule has 0 aliphatic carbocycles. The Morgan fingerprint density at radius 3 is 2.63 bits per heavy atom. The van der Waals surface area contributed by atoms with Crippen LogP contribution in [0.2, 0.25) is 0 Å². The summed E-state index contributed by atoms with van der Waals surface area (Å²) in [6.45, 7) is 4.24. The highest BCUT2D eigenvalue weighted by atomic mass is 15.3. The van der Waals surface area contributed by atoms with Crippen molar-refractivity contribution in [1.29, 1.82) is 0 Å². The first-order valence-corrected chi connectivity index (χ1v) is 6.87. The highest BCUT2D eigenvalue weighted by Crippen LogP contribution is 2.17. The first-order chi connectivity index (χ1) is 9.18. The lowest BCUT2D eigenvalue weighted by Gasteiger charge is -2.12. The summed E-state index contributed by atoms with van der Waals surface area (Å²) in [6, 6.07) is 10.7.